The molecule has 0 aliphatic carbocycles. The van der Waals surface area contributed by atoms with Crippen molar-refractivity contribution in [1.82, 2.24) is 0 Å². The molecule has 1 aliphatic heterocycles. The van der Waals surface area contributed by atoms with Gasteiger partial charge >= 0.3 is 5.97 Å². The van der Waals surface area contributed by atoms with Crippen LogP contribution in [0.15, 0.2) is 42.5 Å². The van der Waals surface area contributed by atoms with E-state index in [9.17, 15) is 4.79 Å². The first-order chi connectivity index (χ1) is 10.7. The lowest BCUT2D eigenvalue weighted by atomic mass is 10.1. The van der Waals surface area contributed by atoms with Crippen LogP contribution in [0.2, 0.25) is 0 Å². The van der Waals surface area contributed by atoms with E-state index >= 15 is 0 Å². The van der Waals surface area contributed by atoms with E-state index in [1.807, 2.05) is 36.4 Å². The Morgan fingerprint density at radius 3 is 2.95 bits per heavy atom. The van der Waals surface area contributed by atoms with Crippen LogP contribution in [-0.2, 0) is 11.3 Å². The van der Waals surface area contributed by atoms with Crippen molar-refractivity contribution < 1.29 is 14.3 Å². The summed E-state index contributed by atoms with van der Waals surface area (Å²) in [6.07, 6.45) is 0. The molecule has 114 valence electrons. The highest BCUT2D eigenvalue weighted by molar-refractivity contribution is 5.89. The maximum absolute atomic E-state index is 11.6. The number of hydrogen-bond acceptors (Lipinski definition) is 5. The Kier molecular flexibility index (Phi) is 3.87. The van der Waals surface area contributed by atoms with Gasteiger partial charge in [0.25, 0.3) is 0 Å². The summed E-state index contributed by atoms with van der Waals surface area (Å²) in [6, 6.07) is 13.1. The van der Waals surface area contributed by atoms with E-state index in [0.29, 0.717) is 24.4 Å². The summed E-state index contributed by atoms with van der Waals surface area (Å²) in [4.78, 5) is 13.8. The molecule has 0 aromatic heterocycles. The summed E-state index contributed by atoms with van der Waals surface area (Å²) < 4.78 is 10.4. The number of carbonyl (C=O) groups is 1. The van der Waals surface area contributed by atoms with Crippen molar-refractivity contribution in [3.05, 3.63) is 53.6 Å². The minimum absolute atomic E-state index is 0.330. The van der Waals surface area contributed by atoms with E-state index in [2.05, 4.69) is 4.90 Å². The monoisotopic (exact) mass is 298 g/mol. The fourth-order valence-corrected chi connectivity index (χ4v) is 2.66. The van der Waals surface area contributed by atoms with E-state index in [-0.39, 0.29) is 5.97 Å². The van der Waals surface area contributed by atoms with Crippen LogP contribution in [0.25, 0.3) is 0 Å². The number of nitrogens with two attached hydrogens (primary N) is 1. The molecule has 0 bridgehead atoms. The molecule has 0 amide bonds. The predicted molar refractivity (Wildman–Crippen MR) is 85.2 cm³/mol. The molecular weight excluding hydrogens is 280 g/mol. The van der Waals surface area contributed by atoms with Crippen molar-refractivity contribution in [2.24, 2.45) is 0 Å². The summed E-state index contributed by atoms with van der Waals surface area (Å²) in [5, 5.41) is 0. The minimum atomic E-state index is -0.330. The van der Waals surface area contributed by atoms with Gasteiger partial charge in [-0.15, -0.1) is 0 Å². The Bertz CT molecular complexity index is 700. The zero-order valence-corrected chi connectivity index (χ0v) is 12.4. The van der Waals surface area contributed by atoms with E-state index in [1.54, 1.807) is 6.07 Å². The van der Waals surface area contributed by atoms with Crippen molar-refractivity contribution in [2.75, 3.05) is 30.9 Å². The molecule has 5 nitrogen and oxygen atoms in total. The van der Waals surface area contributed by atoms with Crippen LogP contribution >= 0.6 is 0 Å². The number of nitrogens with zero attached hydrogens (tertiary/aromatic N) is 1. The maximum atomic E-state index is 11.6. The Hall–Kier alpha value is -2.69. The van der Waals surface area contributed by atoms with Gasteiger partial charge in [-0.2, -0.15) is 0 Å². The van der Waals surface area contributed by atoms with Crippen LogP contribution in [0.3, 0.4) is 0 Å². The first-order valence-corrected chi connectivity index (χ1v) is 7.12. The van der Waals surface area contributed by atoms with Crippen molar-refractivity contribution in [1.29, 1.82) is 0 Å². The first kappa shape index (κ1) is 14.3. The highest BCUT2D eigenvalue weighted by atomic mass is 16.5. The van der Waals surface area contributed by atoms with Gasteiger partial charge in [0, 0.05) is 6.54 Å². The summed E-state index contributed by atoms with van der Waals surface area (Å²) in [7, 11) is 1.38. The lowest BCUT2D eigenvalue weighted by molar-refractivity contribution is 0.0600. The zero-order valence-electron chi connectivity index (χ0n) is 12.4. The number of methoxy groups -OCH3 is 1. The van der Waals surface area contributed by atoms with Crippen molar-refractivity contribution in [3.8, 4) is 5.75 Å². The molecule has 1 aliphatic rings. The summed E-state index contributed by atoms with van der Waals surface area (Å²) in [5.41, 5.74) is 9.28. The molecular formula is C17H18N2O3. The molecule has 0 unspecified atom stereocenters. The van der Waals surface area contributed by atoms with Gasteiger partial charge in [0.15, 0.2) is 0 Å². The van der Waals surface area contributed by atoms with E-state index in [0.717, 1.165) is 23.5 Å². The maximum Gasteiger partial charge on any atom is 0.337 e. The molecule has 0 radical (unpaired) electrons. The third-order valence-electron chi connectivity index (χ3n) is 3.69. The van der Waals surface area contributed by atoms with Crippen LogP contribution < -0.4 is 15.4 Å². The van der Waals surface area contributed by atoms with Gasteiger partial charge in [-0.25, -0.2) is 4.79 Å². The van der Waals surface area contributed by atoms with Gasteiger partial charge in [-0.1, -0.05) is 18.2 Å². The second-order valence-electron chi connectivity index (χ2n) is 5.16. The molecule has 0 spiro atoms. The van der Waals surface area contributed by atoms with Crippen LogP contribution in [0, 0.1) is 0 Å². The molecule has 2 aromatic rings. The molecule has 1 heterocycles. The quantitative estimate of drug-likeness (QED) is 0.696. The number of hydrogen-bond donors (Lipinski definition) is 1. The van der Waals surface area contributed by atoms with Crippen molar-refractivity contribution in [2.45, 2.75) is 6.54 Å². The largest absolute Gasteiger partial charge is 0.489 e. The fraction of sp³-hybridized carbons (Fsp3) is 0.235. The summed E-state index contributed by atoms with van der Waals surface area (Å²) in [5.74, 6) is 0.471. The molecule has 5 heteroatoms. The Morgan fingerprint density at radius 2 is 2.14 bits per heavy atom. The average molecular weight is 298 g/mol. The number of anilines is 2. The topological polar surface area (TPSA) is 64.8 Å². The summed E-state index contributed by atoms with van der Waals surface area (Å²) in [6.45, 7) is 2.03. The van der Waals surface area contributed by atoms with Gasteiger partial charge in [0.1, 0.15) is 18.0 Å². The van der Waals surface area contributed by atoms with Gasteiger partial charge < -0.3 is 20.1 Å². The van der Waals surface area contributed by atoms with Gasteiger partial charge in [0.05, 0.1) is 24.9 Å². The Labute approximate surface area is 129 Å². The average Bonchev–Trinajstić information content (AvgIpc) is 2.55. The highest BCUT2D eigenvalue weighted by Gasteiger charge is 2.20. The number of esters is 1. The highest BCUT2D eigenvalue weighted by Crippen LogP contribution is 2.37. The zero-order chi connectivity index (χ0) is 15.5. The van der Waals surface area contributed by atoms with Crippen LogP contribution in [0.1, 0.15) is 15.9 Å². The second-order valence-corrected chi connectivity index (χ2v) is 5.16. The standard InChI is InChI=1S/C17H18N2O3/c1-21-17(20)13-5-2-4-12(10-13)11-19-8-9-22-15-7-3-6-14(18)16(15)19/h2-7,10H,8-9,11,18H2,1H3. The molecule has 2 aromatic carbocycles. The van der Waals surface area contributed by atoms with Crippen LogP contribution in [-0.4, -0.2) is 26.2 Å². The molecule has 0 saturated carbocycles. The first-order valence-electron chi connectivity index (χ1n) is 7.12. The predicted octanol–water partition coefficient (Wildman–Crippen LogP) is 2.45. The fourth-order valence-electron chi connectivity index (χ4n) is 2.66. The number of nitrogen functional groups attached to an aromatic ring is 1. The molecule has 22 heavy (non-hydrogen) atoms. The number of para-hydroxylation sites is 1. The number of rotatable bonds is 3. The number of fused-ring (bicyclic) bond motifs is 1. The molecule has 0 saturated heterocycles. The lowest BCUT2D eigenvalue weighted by Crippen LogP contribution is -2.32. The van der Waals surface area contributed by atoms with Crippen molar-refractivity contribution >= 4 is 17.3 Å². The number of benzene rings is 2. The molecule has 3 rings (SSSR count). The van der Waals surface area contributed by atoms with Crippen molar-refractivity contribution in [3.63, 3.8) is 0 Å². The van der Waals surface area contributed by atoms with E-state index in [1.165, 1.54) is 7.11 Å². The van der Waals surface area contributed by atoms with Gasteiger partial charge in [-0.3, -0.25) is 0 Å². The third-order valence-corrected chi connectivity index (χ3v) is 3.69. The smallest absolute Gasteiger partial charge is 0.337 e. The Morgan fingerprint density at radius 1 is 1.32 bits per heavy atom. The second kappa shape index (κ2) is 5.97. The van der Waals surface area contributed by atoms with Crippen LogP contribution in [0.4, 0.5) is 11.4 Å². The molecule has 0 atom stereocenters. The third kappa shape index (κ3) is 2.70. The minimum Gasteiger partial charge on any atom is -0.489 e. The van der Waals surface area contributed by atoms with Crippen LogP contribution in [0.5, 0.6) is 5.75 Å². The molecule has 2 N–H and O–H groups in total. The van der Waals surface area contributed by atoms with Gasteiger partial charge in [0.2, 0.25) is 0 Å². The lowest BCUT2D eigenvalue weighted by Gasteiger charge is -2.32. The molecule has 0 fully saturated rings. The van der Waals surface area contributed by atoms with E-state index < -0.39 is 0 Å². The summed E-state index contributed by atoms with van der Waals surface area (Å²) >= 11 is 0. The number of carbonyl (C=O) groups excluding carboxylic acids is 1. The SMILES string of the molecule is COC(=O)c1cccc(CN2CCOc3cccc(N)c32)c1. The normalized spacial score (nSPS) is 13.2. The Balaban J connectivity index is 1.88. The number of ether oxygens (including phenoxy) is 2. The van der Waals surface area contributed by atoms with E-state index in [4.69, 9.17) is 15.2 Å². The van der Waals surface area contributed by atoms with Gasteiger partial charge in [-0.05, 0) is 29.8 Å².